The van der Waals surface area contributed by atoms with E-state index >= 15 is 0 Å². The third-order valence-corrected chi connectivity index (χ3v) is 2.69. The fourth-order valence-electron chi connectivity index (χ4n) is 1.74. The second kappa shape index (κ2) is 4.61. The normalized spacial score (nSPS) is 10.6. The average molecular weight is 252 g/mol. The van der Waals surface area contributed by atoms with E-state index in [4.69, 9.17) is 4.42 Å². The molecule has 0 saturated carbocycles. The molecule has 5 nitrogen and oxygen atoms in total. The molecule has 0 bridgehead atoms. The van der Waals surface area contributed by atoms with Gasteiger partial charge < -0.3 is 4.42 Å². The van der Waals surface area contributed by atoms with Crippen molar-refractivity contribution in [3.8, 4) is 23.2 Å². The summed E-state index contributed by atoms with van der Waals surface area (Å²) in [5, 5.41) is 8.03. The summed E-state index contributed by atoms with van der Waals surface area (Å²) in [6.45, 7) is 3.98. The van der Waals surface area contributed by atoms with Gasteiger partial charge in [0.15, 0.2) is 0 Å². The molecule has 0 spiro atoms. The molecular weight excluding hydrogens is 240 g/mol. The number of hydrogen-bond acceptors (Lipinski definition) is 5. The summed E-state index contributed by atoms with van der Waals surface area (Å²) in [5.74, 6) is 0.809. The first-order chi connectivity index (χ1) is 9.22. The highest BCUT2D eigenvalue weighted by Crippen LogP contribution is 2.21. The van der Waals surface area contributed by atoms with Crippen molar-refractivity contribution in [3.63, 3.8) is 0 Å². The Bertz CT molecular complexity index is 661. The summed E-state index contributed by atoms with van der Waals surface area (Å²) in [6.07, 6.45) is 3.44. The lowest BCUT2D eigenvalue weighted by Gasteiger charge is -1.96. The van der Waals surface area contributed by atoms with Crippen LogP contribution in [-0.2, 0) is 0 Å². The van der Waals surface area contributed by atoms with Crippen molar-refractivity contribution in [3.05, 3.63) is 47.8 Å². The van der Waals surface area contributed by atoms with E-state index < -0.39 is 0 Å². The molecule has 0 aliphatic rings. The maximum absolute atomic E-state index is 5.62. The second-order valence-corrected chi connectivity index (χ2v) is 4.35. The number of aromatic nitrogens is 4. The highest BCUT2D eigenvalue weighted by Gasteiger charge is 2.12. The van der Waals surface area contributed by atoms with Crippen LogP contribution >= 0.6 is 0 Å². The largest absolute Gasteiger partial charge is 0.413 e. The summed E-state index contributed by atoms with van der Waals surface area (Å²) in [4.78, 5) is 8.44. The number of nitrogens with zero attached hydrogens (tertiary/aromatic N) is 4. The van der Waals surface area contributed by atoms with Gasteiger partial charge in [-0.15, -0.1) is 10.2 Å². The molecule has 0 aliphatic carbocycles. The summed E-state index contributed by atoms with van der Waals surface area (Å²) < 4.78 is 5.62. The van der Waals surface area contributed by atoms with Crippen LogP contribution in [0.25, 0.3) is 23.2 Å². The minimum Gasteiger partial charge on any atom is -0.413 e. The zero-order chi connectivity index (χ0) is 13.2. The SMILES string of the molecule is Cc1ccnc(-c2nnc(-c3cc(C)ccn3)o2)c1. The third kappa shape index (κ3) is 2.35. The van der Waals surface area contributed by atoms with E-state index in [1.807, 2.05) is 38.1 Å². The molecule has 0 aliphatic heterocycles. The number of rotatable bonds is 2. The first-order valence-corrected chi connectivity index (χ1v) is 5.92. The quantitative estimate of drug-likeness (QED) is 0.701. The molecule has 0 N–H and O–H groups in total. The molecule has 0 amide bonds. The van der Waals surface area contributed by atoms with Gasteiger partial charge in [0, 0.05) is 12.4 Å². The van der Waals surface area contributed by atoms with Gasteiger partial charge in [-0.25, -0.2) is 0 Å². The Morgan fingerprint density at radius 1 is 0.789 bits per heavy atom. The maximum Gasteiger partial charge on any atom is 0.266 e. The highest BCUT2D eigenvalue weighted by molar-refractivity contribution is 5.52. The summed E-state index contributed by atoms with van der Waals surface area (Å²) >= 11 is 0. The fraction of sp³-hybridized carbons (Fsp3) is 0.143. The molecule has 0 radical (unpaired) electrons. The summed E-state index contributed by atoms with van der Waals surface area (Å²) in [7, 11) is 0. The lowest BCUT2D eigenvalue weighted by molar-refractivity contribution is 0.579. The van der Waals surface area contributed by atoms with Crippen molar-refractivity contribution in [2.24, 2.45) is 0 Å². The lowest BCUT2D eigenvalue weighted by atomic mass is 10.2. The molecule has 3 aromatic heterocycles. The van der Waals surface area contributed by atoms with E-state index in [2.05, 4.69) is 20.2 Å². The molecule has 3 aromatic rings. The topological polar surface area (TPSA) is 64.7 Å². The van der Waals surface area contributed by atoms with Crippen molar-refractivity contribution in [2.45, 2.75) is 13.8 Å². The molecular formula is C14H12N4O. The van der Waals surface area contributed by atoms with E-state index in [-0.39, 0.29) is 0 Å². The molecule has 0 saturated heterocycles. The molecule has 0 atom stereocenters. The Labute approximate surface area is 110 Å². The van der Waals surface area contributed by atoms with Gasteiger partial charge in [0.1, 0.15) is 11.4 Å². The van der Waals surface area contributed by atoms with Gasteiger partial charge in [0.25, 0.3) is 11.8 Å². The van der Waals surface area contributed by atoms with E-state index in [0.717, 1.165) is 11.1 Å². The van der Waals surface area contributed by atoms with Crippen LogP contribution in [0, 0.1) is 13.8 Å². The minimum atomic E-state index is 0.405. The minimum absolute atomic E-state index is 0.405. The number of hydrogen-bond donors (Lipinski definition) is 0. The number of aryl methyl sites for hydroxylation is 2. The zero-order valence-electron chi connectivity index (χ0n) is 10.7. The average Bonchev–Trinajstić information content (AvgIpc) is 2.88. The second-order valence-electron chi connectivity index (χ2n) is 4.35. The molecule has 94 valence electrons. The Balaban J connectivity index is 2.00. The van der Waals surface area contributed by atoms with Crippen LogP contribution in [0.15, 0.2) is 41.1 Å². The van der Waals surface area contributed by atoms with Gasteiger partial charge in [-0.2, -0.15) is 0 Å². The Morgan fingerprint density at radius 3 is 1.68 bits per heavy atom. The summed E-state index contributed by atoms with van der Waals surface area (Å²) in [6, 6.07) is 7.65. The zero-order valence-corrected chi connectivity index (χ0v) is 10.7. The Morgan fingerprint density at radius 2 is 1.26 bits per heavy atom. The van der Waals surface area contributed by atoms with E-state index in [1.165, 1.54) is 0 Å². The first-order valence-electron chi connectivity index (χ1n) is 5.92. The van der Waals surface area contributed by atoms with E-state index in [1.54, 1.807) is 12.4 Å². The molecule has 0 aromatic carbocycles. The van der Waals surface area contributed by atoms with Crippen LogP contribution < -0.4 is 0 Å². The van der Waals surface area contributed by atoms with Gasteiger partial charge in [-0.05, 0) is 49.2 Å². The van der Waals surface area contributed by atoms with Crippen molar-refractivity contribution in [1.82, 2.24) is 20.2 Å². The molecule has 3 rings (SSSR count). The van der Waals surface area contributed by atoms with Crippen molar-refractivity contribution in [1.29, 1.82) is 0 Å². The van der Waals surface area contributed by atoms with Crippen molar-refractivity contribution in [2.75, 3.05) is 0 Å². The molecule has 0 fully saturated rings. The summed E-state index contributed by atoms with van der Waals surface area (Å²) in [5.41, 5.74) is 3.54. The Kier molecular flexibility index (Phi) is 2.79. The van der Waals surface area contributed by atoms with E-state index in [0.29, 0.717) is 23.2 Å². The molecule has 19 heavy (non-hydrogen) atoms. The first kappa shape index (κ1) is 11.5. The van der Waals surface area contributed by atoms with Gasteiger partial charge in [-0.1, -0.05) is 0 Å². The van der Waals surface area contributed by atoms with Crippen LogP contribution in [0.4, 0.5) is 0 Å². The Hall–Kier alpha value is -2.56. The number of pyridine rings is 2. The third-order valence-electron chi connectivity index (χ3n) is 2.69. The van der Waals surface area contributed by atoms with Crippen LogP contribution in [-0.4, -0.2) is 20.2 Å². The highest BCUT2D eigenvalue weighted by atomic mass is 16.4. The van der Waals surface area contributed by atoms with Crippen molar-refractivity contribution >= 4 is 0 Å². The van der Waals surface area contributed by atoms with Crippen LogP contribution in [0.1, 0.15) is 11.1 Å². The smallest absolute Gasteiger partial charge is 0.266 e. The predicted molar refractivity (Wildman–Crippen MR) is 70.2 cm³/mol. The van der Waals surface area contributed by atoms with Crippen LogP contribution in [0.5, 0.6) is 0 Å². The van der Waals surface area contributed by atoms with Gasteiger partial charge in [-0.3, -0.25) is 9.97 Å². The van der Waals surface area contributed by atoms with Crippen LogP contribution in [0.3, 0.4) is 0 Å². The van der Waals surface area contributed by atoms with Crippen molar-refractivity contribution < 1.29 is 4.42 Å². The van der Waals surface area contributed by atoms with Crippen LogP contribution in [0.2, 0.25) is 0 Å². The van der Waals surface area contributed by atoms with Gasteiger partial charge >= 0.3 is 0 Å². The standard InChI is InChI=1S/C14H12N4O/c1-9-3-5-15-11(7-9)13-17-18-14(19-13)12-8-10(2)4-6-16-12/h3-8H,1-2H3. The molecule has 0 unspecified atom stereocenters. The fourth-order valence-corrected chi connectivity index (χ4v) is 1.74. The molecule has 3 heterocycles. The van der Waals surface area contributed by atoms with Gasteiger partial charge in [0.2, 0.25) is 0 Å². The molecule has 5 heteroatoms. The lowest BCUT2D eigenvalue weighted by Crippen LogP contribution is -1.83. The van der Waals surface area contributed by atoms with Gasteiger partial charge in [0.05, 0.1) is 0 Å². The maximum atomic E-state index is 5.62. The van der Waals surface area contributed by atoms with E-state index in [9.17, 15) is 0 Å². The monoisotopic (exact) mass is 252 g/mol. The predicted octanol–water partition coefficient (Wildman–Crippen LogP) is 2.81.